The van der Waals surface area contributed by atoms with Gasteiger partial charge in [0.25, 0.3) is 0 Å². The van der Waals surface area contributed by atoms with Crippen LogP contribution in [0.1, 0.15) is 25.5 Å². The summed E-state index contributed by atoms with van der Waals surface area (Å²) in [5.41, 5.74) is 7.09. The maximum absolute atomic E-state index is 6.28. The minimum atomic E-state index is 0.103. The number of rotatable bonds is 3. The summed E-state index contributed by atoms with van der Waals surface area (Å²) in [6.07, 6.45) is 0.402. The molecule has 0 radical (unpaired) electrons. The van der Waals surface area contributed by atoms with Gasteiger partial charge in [-0.2, -0.15) is 0 Å². The van der Waals surface area contributed by atoms with Gasteiger partial charge in [0.2, 0.25) is 6.79 Å². The number of nitrogens with zero attached hydrogens (tertiary/aromatic N) is 1. The summed E-state index contributed by atoms with van der Waals surface area (Å²) in [6.45, 7) is 6.63. The van der Waals surface area contributed by atoms with Crippen LogP contribution in [0.15, 0.2) is 12.1 Å². The first-order chi connectivity index (χ1) is 10.1. The number of fused-ring (bicyclic) bond motifs is 1. The average Bonchev–Trinajstić information content (AvgIpc) is 2.87. The SMILES string of the molecule is C[C@@H]1CN(C(CN)c2cc(Cl)c3c(c2)OCO3)C[C@H](C)O1. The molecule has 21 heavy (non-hydrogen) atoms. The van der Waals surface area contributed by atoms with Crippen molar-refractivity contribution in [2.75, 3.05) is 26.4 Å². The highest BCUT2D eigenvalue weighted by atomic mass is 35.5. The number of nitrogens with two attached hydrogens (primary N) is 1. The number of morpholine rings is 1. The monoisotopic (exact) mass is 312 g/mol. The van der Waals surface area contributed by atoms with E-state index in [0.29, 0.717) is 23.1 Å². The summed E-state index contributed by atoms with van der Waals surface area (Å²) in [7, 11) is 0. The van der Waals surface area contributed by atoms with Crippen LogP contribution in [0.2, 0.25) is 5.02 Å². The van der Waals surface area contributed by atoms with Crippen LogP contribution in [0.5, 0.6) is 11.5 Å². The van der Waals surface area contributed by atoms with E-state index in [9.17, 15) is 0 Å². The lowest BCUT2D eigenvalue weighted by molar-refractivity contribution is -0.0799. The topological polar surface area (TPSA) is 57.0 Å². The molecule has 116 valence electrons. The molecule has 2 N–H and O–H groups in total. The summed E-state index contributed by atoms with van der Waals surface area (Å²) >= 11 is 6.28. The highest BCUT2D eigenvalue weighted by molar-refractivity contribution is 6.32. The van der Waals surface area contributed by atoms with Crippen LogP contribution < -0.4 is 15.2 Å². The molecule has 0 spiro atoms. The van der Waals surface area contributed by atoms with E-state index in [-0.39, 0.29) is 25.0 Å². The predicted octanol–water partition coefficient (Wildman–Crippen LogP) is 2.18. The average molecular weight is 313 g/mol. The molecule has 1 saturated heterocycles. The van der Waals surface area contributed by atoms with Crippen molar-refractivity contribution in [3.63, 3.8) is 0 Å². The Hall–Kier alpha value is -1.01. The molecule has 3 atom stereocenters. The fourth-order valence-corrected chi connectivity index (χ4v) is 3.42. The maximum atomic E-state index is 6.28. The van der Waals surface area contributed by atoms with E-state index in [0.717, 1.165) is 18.7 Å². The molecule has 1 unspecified atom stereocenters. The number of hydrogen-bond donors (Lipinski definition) is 1. The zero-order valence-electron chi connectivity index (χ0n) is 12.3. The van der Waals surface area contributed by atoms with Crippen LogP contribution in [0.3, 0.4) is 0 Å². The summed E-state index contributed by atoms with van der Waals surface area (Å²) in [6, 6.07) is 4.01. The molecule has 5 nitrogen and oxygen atoms in total. The smallest absolute Gasteiger partial charge is 0.231 e. The van der Waals surface area contributed by atoms with Gasteiger partial charge in [0.05, 0.1) is 17.2 Å². The van der Waals surface area contributed by atoms with Crippen LogP contribution in [0.4, 0.5) is 0 Å². The molecule has 2 aliphatic rings. The maximum Gasteiger partial charge on any atom is 0.231 e. The second kappa shape index (κ2) is 6.01. The van der Waals surface area contributed by atoms with Crippen LogP contribution in [0, 0.1) is 0 Å². The molecule has 0 amide bonds. The molecule has 0 aromatic heterocycles. The minimum Gasteiger partial charge on any atom is -0.454 e. The molecule has 1 fully saturated rings. The Morgan fingerprint density at radius 1 is 1.29 bits per heavy atom. The lowest BCUT2D eigenvalue weighted by atomic mass is 10.0. The Kier molecular flexibility index (Phi) is 4.26. The van der Waals surface area contributed by atoms with Gasteiger partial charge in [-0.15, -0.1) is 0 Å². The second-order valence-electron chi connectivity index (χ2n) is 5.70. The third-order valence-corrected chi connectivity index (χ3v) is 4.23. The number of benzene rings is 1. The van der Waals surface area contributed by atoms with Crippen LogP contribution in [-0.4, -0.2) is 43.5 Å². The molecule has 2 aliphatic heterocycles. The Morgan fingerprint density at radius 2 is 2.00 bits per heavy atom. The summed E-state index contributed by atoms with van der Waals surface area (Å²) in [5, 5.41) is 0.577. The van der Waals surface area contributed by atoms with E-state index in [1.807, 2.05) is 12.1 Å². The van der Waals surface area contributed by atoms with Crippen LogP contribution in [-0.2, 0) is 4.74 Å². The standard InChI is InChI=1S/C15H21ClN2O3/c1-9-6-18(7-10(2)21-9)13(5-17)11-3-12(16)15-14(4-11)19-8-20-15/h3-4,9-10,13H,5-8,17H2,1-2H3/t9-,10+,13?. The second-order valence-corrected chi connectivity index (χ2v) is 6.11. The zero-order valence-corrected chi connectivity index (χ0v) is 13.1. The van der Waals surface area contributed by atoms with Crippen LogP contribution >= 0.6 is 11.6 Å². The van der Waals surface area contributed by atoms with E-state index in [1.165, 1.54) is 0 Å². The van der Waals surface area contributed by atoms with Crippen molar-refractivity contribution in [3.8, 4) is 11.5 Å². The quantitative estimate of drug-likeness (QED) is 0.927. The van der Waals surface area contributed by atoms with Gasteiger partial charge in [-0.25, -0.2) is 0 Å². The molecule has 0 saturated carbocycles. The third-order valence-electron chi connectivity index (χ3n) is 3.95. The molecule has 1 aromatic carbocycles. The van der Waals surface area contributed by atoms with E-state index in [1.54, 1.807) is 0 Å². The van der Waals surface area contributed by atoms with Crippen molar-refractivity contribution in [2.45, 2.75) is 32.1 Å². The van der Waals surface area contributed by atoms with Gasteiger partial charge in [-0.3, -0.25) is 4.90 Å². The summed E-state index contributed by atoms with van der Waals surface area (Å²) in [5.74, 6) is 1.32. The van der Waals surface area contributed by atoms with E-state index >= 15 is 0 Å². The molecule has 0 aliphatic carbocycles. The Bertz CT molecular complexity index is 516. The lowest BCUT2D eigenvalue weighted by Crippen LogP contribution is -2.48. The van der Waals surface area contributed by atoms with Gasteiger partial charge >= 0.3 is 0 Å². The first kappa shape index (κ1) is 14.9. The normalized spacial score (nSPS) is 26.9. The molecule has 6 heteroatoms. The highest BCUT2D eigenvalue weighted by Crippen LogP contribution is 2.41. The Labute approximate surface area is 129 Å². The van der Waals surface area contributed by atoms with Crippen molar-refractivity contribution in [2.24, 2.45) is 5.73 Å². The summed E-state index contributed by atoms with van der Waals surface area (Å²) < 4.78 is 16.6. The number of ether oxygens (including phenoxy) is 3. The van der Waals surface area contributed by atoms with Crippen molar-refractivity contribution < 1.29 is 14.2 Å². The zero-order chi connectivity index (χ0) is 15.0. The predicted molar refractivity (Wildman–Crippen MR) is 81.0 cm³/mol. The van der Waals surface area contributed by atoms with Gasteiger partial charge < -0.3 is 19.9 Å². The molecule has 1 aromatic rings. The minimum absolute atomic E-state index is 0.103. The molecule has 3 rings (SSSR count). The van der Waals surface area contributed by atoms with Gasteiger partial charge in [0, 0.05) is 25.7 Å². The van der Waals surface area contributed by atoms with Crippen molar-refractivity contribution in [3.05, 3.63) is 22.7 Å². The molecular weight excluding hydrogens is 292 g/mol. The lowest BCUT2D eigenvalue weighted by Gasteiger charge is -2.40. The first-order valence-electron chi connectivity index (χ1n) is 7.27. The van der Waals surface area contributed by atoms with Gasteiger partial charge in [-0.1, -0.05) is 11.6 Å². The van der Waals surface area contributed by atoms with Crippen molar-refractivity contribution in [1.29, 1.82) is 0 Å². The Balaban J connectivity index is 1.88. The van der Waals surface area contributed by atoms with Gasteiger partial charge in [-0.05, 0) is 31.5 Å². The molecular formula is C15H21ClN2O3. The number of hydrogen-bond acceptors (Lipinski definition) is 5. The van der Waals surface area contributed by atoms with Gasteiger partial charge in [0.15, 0.2) is 11.5 Å². The van der Waals surface area contributed by atoms with Gasteiger partial charge in [0.1, 0.15) is 0 Å². The van der Waals surface area contributed by atoms with E-state index in [4.69, 9.17) is 31.5 Å². The molecule has 0 bridgehead atoms. The van der Waals surface area contributed by atoms with Crippen LogP contribution in [0.25, 0.3) is 0 Å². The fraction of sp³-hybridized carbons (Fsp3) is 0.600. The molecule has 2 heterocycles. The third kappa shape index (κ3) is 2.97. The fourth-order valence-electron chi connectivity index (χ4n) is 3.15. The summed E-state index contributed by atoms with van der Waals surface area (Å²) in [4.78, 5) is 2.35. The van der Waals surface area contributed by atoms with Crippen molar-refractivity contribution in [1.82, 2.24) is 4.90 Å². The van der Waals surface area contributed by atoms with E-state index < -0.39 is 0 Å². The van der Waals surface area contributed by atoms with Crippen molar-refractivity contribution >= 4 is 11.6 Å². The first-order valence-corrected chi connectivity index (χ1v) is 7.65. The Morgan fingerprint density at radius 3 is 2.67 bits per heavy atom. The van der Waals surface area contributed by atoms with E-state index in [2.05, 4.69) is 18.7 Å². The largest absolute Gasteiger partial charge is 0.454 e. The number of halogens is 1. The highest BCUT2D eigenvalue weighted by Gasteiger charge is 2.30.